The van der Waals surface area contributed by atoms with Crippen LogP contribution < -0.4 is 15.4 Å². The maximum atomic E-state index is 5.82. The van der Waals surface area contributed by atoms with Crippen LogP contribution in [0.25, 0.3) is 0 Å². The van der Waals surface area contributed by atoms with E-state index in [-0.39, 0.29) is 6.04 Å². The number of nitrogens with zero attached hydrogens (tertiary/aromatic N) is 4. The Morgan fingerprint density at radius 1 is 1.29 bits per heavy atom. The summed E-state index contributed by atoms with van der Waals surface area (Å²) in [6.07, 6.45) is 1.95. The van der Waals surface area contributed by atoms with Crippen molar-refractivity contribution in [2.75, 3.05) is 13.2 Å². The van der Waals surface area contributed by atoms with Crippen molar-refractivity contribution in [3.63, 3.8) is 0 Å². The lowest BCUT2D eigenvalue weighted by Crippen LogP contribution is -2.42. The summed E-state index contributed by atoms with van der Waals surface area (Å²) in [6.45, 7) is 6.21. The highest BCUT2D eigenvalue weighted by Gasteiger charge is 2.22. The molecule has 1 aromatic carbocycles. The third-order valence-electron chi connectivity index (χ3n) is 5.58. The highest BCUT2D eigenvalue weighted by Crippen LogP contribution is 2.31. The van der Waals surface area contributed by atoms with E-state index in [2.05, 4.69) is 57.4 Å². The average Bonchev–Trinajstić information content (AvgIpc) is 3.40. The average molecular weight is 439 g/mol. The van der Waals surface area contributed by atoms with Gasteiger partial charge in [0.1, 0.15) is 18.1 Å². The minimum absolute atomic E-state index is 0.157. The molecule has 31 heavy (non-hydrogen) atoms. The number of benzene rings is 1. The number of ether oxygens (including phenoxy) is 1. The van der Waals surface area contributed by atoms with Gasteiger partial charge in [0.2, 0.25) is 0 Å². The van der Waals surface area contributed by atoms with Crippen molar-refractivity contribution in [2.24, 2.45) is 18.0 Å². The Morgan fingerprint density at radius 2 is 2.16 bits per heavy atom. The fourth-order valence-corrected chi connectivity index (χ4v) is 4.53. The highest BCUT2D eigenvalue weighted by molar-refractivity contribution is 7.09. The summed E-state index contributed by atoms with van der Waals surface area (Å²) in [5.41, 5.74) is 1.17. The van der Waals surface area contributed by atoms with Gasteiger partial charge in [0.15, 0.2) is 11.8 Å². The molecule has 164 valence electrons. The highest BCUT2D eigenvalue weighted by atomic mass is 32.1. The number of fused-ring (bicyclic) bond motifs is 1. The summed E-state index contributed by atoms with van der Waals surface area (Å²) in [7, 11) is 1.97. The zero-order valence-electron chi connectivity index (χ0n) is 18.3. The Labute approximate surface area is 187 Å². The Kier molecular flexibility index (Phi) is 6.86. The monoisotopic (exact) mass is 438 g/mol. The molecule has 0 radical (unpaired) electrons. The number of aliphatic imine (C=N–C) groups is 1. The number of aryl methyl sites for hydroxylation is 1. The first-order valence-corrected chi connectivity index (χ1v) is 11.6. The second-order valence-electron chi connectivity index (χ2n) is 8.03. The van der Waals surface area contributed by atoms with Crippen LogP contribution in [0.2, 0.25) is 0 Å². The smallest absolute Gasteiger partial charge is 0.192 e. The summed E-state index contributed by atoms with van der Waals surface area (Å²) in [5, 5.41) is 17.7. The van der Waals surface area contributed by atoms with E-state index >= 15 is 0 Å². The zero-order chi connectivity index (χ0) is 21.6. The van der Waals surface area contributed by atoms with Crippen LogP contribution in [0.4, 0.5) is 0 Å². The van der Waals surface area contributed by atoms with Gasteiger partial charge in [-0.25, -0.2) is 4.99 Å². The van der Waals surface area contributed by atoms with Crippen molar-refractivity contribution in [1.82, 2.24) is 25.4 Å². The van der Waals surface area contributed by atoms with Crippen LogP contribution in [0.1, 0.15) is 41.5 Å². The number of nitrogens with one attached hydrogen (secondary N) is 2. The first-order valence-electron chi connectivity index (χ1n) is 10.7. The van der Waals surface area contributed by atoms with E-state index in [1.54, 1.807) is 0 Å². The Hall–Kier alpha value is -2.87. The molecule has 1 aliphatic rings. The molecule has 2 atom stereocenters. The topological polar surface area (TPSA) is 76.4 Å². The second kappa shape index (κ2) is 9.96. The number of hydrogen-bond donors (Lipinski definition) is 2. The first-order chi connectivity index (χ1) is 15.1. The molecule has 7 nitrogen and oxygen atoms in total. The lowest BCUT2D eigenvalue weighted by molar-refractivity contribution is 0.261. The molecule has 0 saturated carbocycles. The molecule has 4 rings (SSSR count). The normalized spacial score (nSPS) is 17.0. The van der Waals surface area contributed by atoms with Gasteiger partial charge >= 0.3 is 0 Å². The van der Waals surface area contributed by atoms with Crippen LogP contribution in [-0.4, -0.2) is 33.9 Å². The van der Waals surface area contributed by atoms with Crippen molar-refractivity contribution >= 4 is 17.3 Å². The summed E-state index contributed by atoms with van der Waals surface area (Å²) >= 11 is 1.81. The van der Waals surface area contributed by atoms with E-state index in [9.17, 15) is 0 Å². The fourth-order valence-electron chi connectivity index (χ4n) is 3.66. The predicted octanol–water partition coefficient (Wildman–Crippen LogP) is 3.62. The molecule has 2 unspecified atom stereocenters. The van der Waals surface area contributed by atoms with Gasteiger partial charge in [-0.3, -0.25) is 0 Å². The fraction of sp³-hybridized carbons (Fsp3) is 0.435. The molecule has 0 spiro atoms. The van der Waals surface area contributed by atoms with Crippen LogP contribution >= 0.6 is 11.3 Å². The minimum atomic E-state index is 0.157. The molecule has 0 saturated heterocycles. The number of aromatic nitrogens is 3. The van der Waals surface area contributed by atoms with Crippen LogP contribution in [0.3, 0.4) is 0 Å². The lowest BCUT2D eigenvalue weighted by Gasteiger charge is -2.28. The number of hydrogen-bond acceptors (Lipinski definition) is 5. The molecular weight excluding hydrogens is 408 g/mol. The van der Waals surface area contributed by atoms with Crippen LogP contribution in [0.15, 0.2) is 46.8 Å². The quantitative estimate of drug-likeness (QED) is 0.435. The van der Waals surface area contributed by atoms with Gasteiger partial charge < -0.3 is 19.9 Å². The zero-order valence-corrected chi connectivity index (χ0v) is 19.2. The first kappa shape index (κ1) is 21.4. The van der Waals surface area contributed by atoms with Crippen LogP contribution in [-0.2, 0) is 20.0 Å². The van der Waals surface area contributed by atoms with Crippen molar-refractivity contribution in [1.29, 1.82) is 0 Å². The third-order valence-corrected chi connectivity index (χ3v) is 6.48. The summed E-state index contributed by atoms with van der Waals surface area (Å²) in [6, 6.07) is 12.7. The number of thiophene rings is 1. The number of guanidine groups is 1. The lowest BCUT2D eigenvalue weighted by atomic mass is 10.0. The SMILES string of the molecule is Cc1nnc(CN=C(NCC(C)Cc2cccs2)NC2CCOc3ccccc32)n1C. The third kappa shape index (κ3) is 5.44. The maximum Gasteiger partial charge on any atom is 0.192 e. The van der Waals surface area contributed by atoms with Gasteiger partial charge in [-0.2, -0.15) is 0 Å². The van der Waals surface area contributed by atoms with Crippen LogP contribution in [0, 0.1) is 12.8 Å². The molecule has 3 aromatic rings. The largest absolute Gasteiger partial charge is 0.493 e. The van der Waals surface area contributed by atoms with E-state index in [0.29, 0.717) is 19.1 Å². The van der Waals surface area contributed by atoms with E-state index in [1.807, 2.05) is 42.0 Å². The molecule has 0 amide bonds. The maximum absolute atomic E-state index is 5.82. The van der Waals surface area contributed by atoms with E-state index in [0.717, 1.165) is 42.7 Å². The molecule has 0 aliphatic carbocycles. The standard InChI is InChI=1S/C23H30N6OS/c1-16(13-18-7-6-12-31-18)14-24-23(25-15-22-28-27-17(2)29(22)3)26-20-10-11-30-21-9-5-4-8-19(20)21/h4-9,12,16,20H,10-11,13-15H2,1-3H3,(H2,24,25,26). The molecule has 2 aromatic heterocycles. The molecule has 0 bridgehead atoms. The Balaban J connectivity index is 1.47. The van der Waals surface area contributed by atoms with E-state index < -0.39 is 0 Å². The van der Waals surface area contributed by atoms with E-state index in [1.165, 1.54) is 10.4 Å². The summed E-state index contributed by atoms with van der Waals surface area (Å²) < 4.78 is 7.80. The van der Waals surface area contributed by atoms with Gasteiger partial charge in [-0.1, -0.05) is 31.2 Å². The molecule has 0 fully saturated rings. The molecule has 1 aliphatic heterocycles. The van der Waals surface area contributed by atoms with Gasteiger partial charge in [-0.05, 0) is 36.8 Å². The number of para-hydroxylation sites is 1. The van der Waals surface area contributed by atoms with Crippen molar-refractivity contribution < 1.29 is 4.74 Å². The van der Waals surface area contributed by atoms with E-state index in [4.69, 9.17) is 9.73 Å². The molecule has 2 N–H and O–H groups in total. The summed E-state index contributed by atoms with van der Waals surface area (Å²) in [4.78, 5) is 6.25. The van der Waals surface area contributed by atoms with Crippen LogP contribution in [0.5, 0.6) is 5.75 Å². The summed E-state index contributed by atoms with van der Waals surface area (Å²) in [5.74, 6) is 3.96. The molecular formula is C23H30N6OS. The van der Waals surface area contributed by atoms with Gasteiger partial charge in [0, 0.05) is 30.5 Å². The van der Waals surface area contributed by atoms with Gasteiger partial charge in [-0.15, -0.1) is 21.5 Å². The Morgan fingerprint density at radius 3 is 2.94 bits per heavy atom. The molecule has 3 heterocycles. The minimum Gasteiger partial charge on any atom is -0.493 e. The predicted molar refractivity (Wildman–Crippen MR) is 124 cm³/mol. The number of rotatable bonds is 7. The van der Waals surface area contributed by atoms with Gasteiger partial charge in [0.25, 0.3) is 0 Å². The Bertz CT molecular complexity index is 1010. The molecule has 8 heteroatoms. The van der Waals surface area contributed by atoms with Gasteiger partial charge in [0.05, 0.1) is 12.6 Å². The second-order valence-corrected chi connectivity index (χ2v) is 9.06. The van der Waals surface area contributed by atoms with Crippen molar-refractivity contribution in [3.05, 3.63) is 63.9 Å². The van der Waals surface area contributed by atoms with Crippen molar-refractivity contribution in [2.45, 2.75) is 39.3 Å². The van der Waals surface area contributed by atoms with Crippen molar-refractivity contribution in [3.8, 4) is 5.75 Å².